The number of thioether (sulfide) groups is 1. The summed E-state index contributed by atoms with van der Waals surface area (Å²) >= 11 is 1.47. The Kier molecular flexibility index (Phi) is 5.33. The number of hydrogen-bond donors (Lipinski definition) is 0. The normalized spacial score (nSPS) is 11.1. The molecule has 0 spiro atoms. The molecule has 7 heteroatoms. The molecule has 31 heavy (non-hydrogen) atoms. The van der Waals surface area contributed by atoms with Gasteiger partial charge in [0, 0.05) is 11.1 Å². The molecule has 6 nitrogen and oxygen atoms in total. The van der Waals surface area contributed by atoms with Crippen LogP contribution in [0.3, 0.4) is 0 Å². The Labute approximate surface area is 182 Å². The molecule has 0 fully saturated rings. The van der Waals surface area contributed by atoms with Gasteiger partial charge in [0.15, 0.2) is 5.69 Å². The van der Waals surface area contributed by atoms with Crippen molar-refractivity contribution in [1.82, 2.24) is 20.0 Å². The summed E-state index contributed by atoms with van der Waals surface area (Å²) in [6.45, 7) is 0.362. The Morgan fingerprint density at radius 1 is 0.774 bits per heavy atom. The summed E-state index contributed by atoms with van der Waals surface area (Å²) in [6, 6.07) is 27.2. The van der Waals surface area contributed by atoms with Crippen molar-refractivity contribution >= 4 is 22.5 Å². The van der Waals surface area contributed by atoms with Crippen LogP contribution in [-0.4, -0.2) is 20.0 Å². The second-order valence-electron chi connectivity index (χ2n) is 6.99. The van der Waals surface area contributed by atoms with Crippen LogP contribution >= 0.6 is 11.8 Å². The molecule has 0 saturated carbocycles. The molecule has 2 heterocycles. The molecule has 0 aliphatic carbocycles. The number of aromatic nitrogens is 4. The third-order valence-corrected chi connectivity index (χ3v) is 5.75. The molecule has 2 aromatic heterocycles. The van der Waals surface area contributed by atoms with Gasteiger partial charge in [-0.3, -0.25) is 4.79 Å². The quantitative estimate of drug-likeness (QED) is 0.364. The molecule has 0 atom stereocenters. The number of benzene rings is 3. The molecule has 152 valence electrons. The van der Waals surface area contributed by atoms with Crippen molar-refractivity contribution in [2.24, 2.45) is 0 Å². The van der Waals surface area contributed by atoms with Crippen LogP contribution in [0.1, 0.15) is 11.1 Å². The van der Waals surface area contributed by atoms with Gasteiger partial charge < -0.3 is 4.42 Å². The first kappa shape index (κ1) is 19.3. The minimum Gasteiger partial charge on any atom is -0.409 e. The zero-order valence-electron chi connectivity index (χ0n) is 16.5. The van der Waals surface area contributed by atoms with Crippen LogP contribution in [0.4, 0.5) is 0 Å². The summed E-state index contributed by atoms with van der Waals surface area (Å²) in [5.41, 5.74) is 2.52. The van der Waals surface area contributed by atoms with E-state index in [1.165, 1.54) is 22.0 Å². The lowest BCUT2D eigenvalue weighted by atomic mass is 10.1. The summed E-state index contributed by atoms with van der Waals surface area (Å²) in [5, 5.41) is 14.7. The molecule has 5 aromatic rings. The van der Waals surface area contributed by atoms with E-state index in [1.54, 1.807) is 6.07 Å². The van der Waals surface area contributed by atoms with Gasteiger partial charge in [-0.05, 0) is 17.2 Å². The van der Waals surface area contributed by atoms with E-state index in [-0.39, 0.29) is 5.56 Å². The number of fused-ring (bicyclic) bond motifs is 1. The standard InChI is InChI=1S/C24H18N4O2S/c29-23-20-14-8-7-13-19(20)21(27-28(23)15-17-9-3-1-4-10-17)22-25-26-24(30-22)31-16-18-11-5-2-6-12-18/h1-14H,15-16H2. The van der Waals surface area contributed by atoms with E-state index in [2.05, 4.69) is 27.4 Å². The Balaban J connectivity index is 1.51. The molecular formula is C24H18N4O2S. The van der Waals surface area contributed by atoms with Gasteiger partial charge in [-0.25, -0.2) is 4.68 Å². The maximum Gasteiger partial charge on any atom is 0.277 e. The lowest BCUT2D eigenvalue weighted by Gasteiger charge is -2.09. The Hall–Kier alpha value is -3.71. The van der Waals surface area contributed by atoms with Gasteiger partial charge in [-0.15, -0.1) is 10.2 Å². The minimum atomic E-state index is -0.151. The highest BCUT2D eigenvalue weighted by Crippen LogP contribution is 2.28. The fourth-order valence-electron chi connectivity index (χ4n) is 3.34. The molecule has 0 radical (unpaired) electrons. The molecular weight excluding hydrogens is 408 g/mol. The average Bonchev–Trinajstić information content (AvgIpc) is 3.30. The van der Waals surface area contributed by atoms with Crippen LogP contribution in [0, 0.1) is 0 Å². The van der Waals surface area contributed by atoms with E-state index >= 15 is 0 Å². The zero-order valence-corrected chi connectivity index (χ0v) is 17.3. The maximum atomic E-state index is 13.0. The molecule has 3 aromatic carbocycles. The van der Waals surface area contributed by atoms with Gasteiger partial charge in [0.25, 0.3) is 16.7 Å². The molecule has 0 aliphatic heterocycles. The zero-order chi connectivity index (χ0) is 21.0. The van der Waals surface area contributed by atoms with E-state index in [0.717, 1.165) is 11.3 Å². The van der Waals surface area contributed by atoms with Crippen molar-refractivity contribution in [2.75, 3.05) is 0 Å². The average molecular weight is 427 g/mol. The van der Waals surface area contributed by atoms with Gasteiger partial charge in [-0.1, -0.05) is 90.6 Å². The molecule has 0 saturated heterocycles. The molecule has 0 aliphatic rings. The molecule has 0 unspecified atom stereocenters. The van der Waals surface area contributed by atoms with Crippen molar-refractivity contribution in [3.8, 4) is 11.6 Å². The summed E-state index contributed by atoms with van der Waals surface area (Å²) in [4.78, 5) is 13.0. The van der Waals surface area contributed by atoms with Gasteiger partial charge in [0.05, 0.1) is 11.9 Å². The van der Waals surface area contributed by atoms with Crippen LogP contribution in [0.5, 0.6) is 0 Å². The first-order valence-corrected chi connectivity index (χ1v) is 10.8. The third kappa shape index (κ3) is 4.13. The summed E-state index contributed by atoms with van der Waals surface area (Å²) in [6.07, 6.45) is 0. The number of rotatable bonds is 6. The van der Waals surface area contributed by atoms with Gasteiger partial charge in [-0.2, -0.15) is 5.10 Å². The van der Waals surface area contributed by atoms with Crippen LogP contribution in [-0.2, 0) is 12.3 Å². The number of nitrogens with zero attached hydrogens (tertiary/aromatic N) is 4. The van der Waals surface area contributed by atoms with Crippen molar-refractivity contribution in [3.63, 3.8) is 0 Å². The van der Waals surface area contributed by atoms with Crippen LogP contribution < -0.4 is 5.56 Å². The molecule has 5 rings (SSSR count). The van der Waals surface area contributed by atoms with E-state index in [1.807, 2.05) is 66.7 Å². The highest BCUT2D eigenvalue weighted by molar-refractivity contribution is 7.98. The smallest absolute Gasteiger partial charge is 0.277 e. The summed E-state index contributed by atoms with van der Waals surface area (Å²) < 4.78 is 7.36. The van der Waals surface area contributed by atoms with Crippen LogP contribution in [0.15, 0.2) is 99.4 Å². The van der Waals surface area contributed by atoms with Gasteiger partial charge >= 0.3 is 0 Å². The van der Waals surface area contributed by atoms with E-state index < -0.39 is 0 Å². The van der Waals surface area contributed by atoms with E-state index in [9.17, 15) is 4.79 Å². The van der Waals surface area contributed by atoms with Crippen molar-refractivity contribution in [2.45, 2.75) is 17.5 Å². The van der Waals surface area contributed by atoms with Crippen molar-refractivity contribution < 1.29 is 4.42 Å². The second kappa shape index (κ2) is 8.57. The fraction of sp³-hybridized carbons (Fsp3) is 0.0833. The molecule has 0 N–H and O–H groups in total. The highest BCUT2D eigenvalue weighted by Gasteiger charge is 2.18. The largest absolute Gasteiger partial charge is 0.409 e. The molecule has 0 bridgehead atoms. The van der Waals surface area contributed by atoms with Crippen molar-refractivity contribution in [1.29, 1.82) is 0 Å². The maximum absolute atomic E-state index is 13.0. The third-order valence-electron chi connectivity index (χ3n) is 4.86. The Morgan fingerprint density at radius 2 is 1.42 bits per heavy atom. The Bertz CT molecular complexity index is 1380. The first-order chi connectivity index (χ1) is 15.3. The van der Waals surface area contributed by atoms with E-state index in [4.69, 9.17) is 4.42 Å². The summed E-state index contributed by atoms with van der Waals surface area (Å²) in [5.74, 6) is 1.03. The lowest BCUT2D eigenvalue weighted by molar-refractivity contribution is 0.462. The van der Waals surface area contributed by atoms with Gasteiger partial charge in [0.1, 0.15) is 0 Å². The fourth-order valence-corrected chi connectivity index (χ4v) is 4.06. The summed E-state index contributed by atoms with van der Waals surface area (Å²) in [7, 11) is 0. The van der Waals surface area contributed by atoms with Crippen LogP contribution in [0.2, 0.25) is 0 Å². The number of hydrogen-bond acceptors (Lipinski definition) is 6. The molecule has 0 amide bonds. The van der Waals surface area contributed by atoms with Crippen molar-refractivity contribution in [3.05, 3.63) is 106 Å². The van der Waals surface area contributed by atoms with Gasteiger partial charge in [0.2, 0.25) is 0 Å². The van der Waals surface area contributed by atoms with Crippen LogP contribution in [0.25, 0.3) is 22.4 Å². The minimum absolute atomic E-state index is 0.151. The highest BCUT2D eigenvalue weighted by atomic mass is 32.2. The van der Waals surface area contributed by atoms with E-state index in [0.29, 0.717) is 34.1 Å². The SMILES string of the molecule is O=c1c2ccccc2c(-c2nnc(SCc3ccccc3)o2)nn1Cc1ccccc1. The first-order valence-electron chi connectivity index (χ1n) is 9.82. The Morgan fingerprint density at radius 3 is 2.16 bits per heavy atom. The topological polar surface area (TPSA) is 73.8 Å². The second-order valence-corrected chi connectivity index (χ2v) is 7.92. The monoisotopic (exact) mass is 426 g/mol. The predicted octanol–water partition coefficient (Wildman–Crippen LogP) is 4.79. The predicted molar refractivity (Wildman–Crippen MR) is 121 cm³/mol. The lowest BCUT2D eigenvalue weighted by Crippen LogP contribution is -2.24.